The summed E-state index contributed by atoms with van der Waals surface area (Å²) in [6.45, 7) is 35.0. The lowest BCUT2D eigenvalue weighted by molar-refractivity contribution is -0.0715. The summed E-state index contributed by atoms with van der Waals surface area (Å²) in [5.74, 6) is 11.6. The van der Waals surface area contributed by atoms with Gasteiger partial charge in [0.2, 0.25) is 0 Å². The summed E-state index contributed by atoms with van der Waals surface area (Å²) in [7, 11) is 0. The minimum absolute atomic E-state index is 0. The third kappa shape index (κ3) is 17.3. The molecule has 3 aromatic carbocycles. The van der Waals surface area contributed by atoms with Gasteiger partial charge in [0.25, 0.3) is 0 Å². The molecule has 0 radical (unpaired) electrons. The molecule has 108 heavy (non-hydrogen) atoms. The summed E-state index contributed by atoms with van der Waals surface area (Å²) in [4.78, 5) is 0. The van der Waals surface area contributed by atoms with Crippen LogP contribution in [0, 0.1) is 121 Å². The Morgan fingerprint density at radius 3 is 0.833 bits per heavy atom. The molecule has 0 saturated heterocycles. The average Bonchev–Trinajstić information content (AvgIpc) is 1.37. The highest BCUT2D eigenvalue weighted by Crippen LogP contribution is 2.72. The van der Waals surface area contributed by atoms with Crippen LogP contribution in [0.1, 0.15) is 335 Å². The maximum atomic E-state index is 11.2. The standard InChI is InChI=1S/3C32H48O2.CH3FS.3CH4/c3*1-22(15-18-32(5,34)23-9-7-6-8-10-23)26-13-14-27-25-12-11-24-21-29(2,33)19-20-30(24,3)28(25)16-17-31(26,27)4;1-3-2;;;/h3*6-11,22,25-28,33-34H,12-21H2,1-5H3;1H3;3*1H4/t22-,25+,26-,27+,28+,29+,30+,31-,32?;22-,25+,26-,27+,28+,29+,30+,31-,32+;22-,25+,26-,27+,28+,29+,30+,31-,32-;;;;/m111..../s1. The fourth-order valence-electron chi connectivity index (χ4n) is 28.3. The predicted molar refractivity (Wildman–Crippen MR) is 455 cm³/mol. The quantitative estimate of drug-likeness (QED) is 0.0839. The maximum Gasteiger partial charge on any atom is 0.0868 e. The van der Waals surface area contributed by atoms with Gasteiger partial charge in [-0.3, -0.25) is 0 Å². The van der Waals surface area contributed by atoms with E-state index in [2.05, 4.69) is 117 Å². The minimum Gasteiger partial charge on any atom is -0.390 e. The summed E-state index contributed by atoms with van der Waals surface area (Å²) in [5.41, 5.74) is 6.37. The molecule has 12 aliphatic carbocycles. The Labute approximate surface area is 665 Å². The van der Waals surface area contributed by atoms with E-state index in [1.54, 1.807) is 16.7 Å². The molecule has 8 heteroatoms. The molecule has 3 aromatic rings. The molecule has 608 valence electrons. The molecule has 0 spiro atoms. The summed E-state index contributed by atoms with van der Waals surface area (Å²) >= 11 is 0.250. The van der Waals surface area contributed by atoms with Crippen molar-refractivity contribution in [2.45, 2.75) is 352 Å². The zero-order valence-corrected chi connectivity index (χ0v) is 69.6. The molecule has 9 saturated carbocycles. The lowest BCUT2D eigenvalue weighted by Crippen LogP contribution is -2.52. The molecule has 0 aliphatic heterocycles. The molecule has 0 amide bonds. The summed E-state index contributed by atoms with van der Waals surface area (Å²) < 4.78 is 10.2. The van der Waals surface area contributed by atoms with Crippen LogP contribution in [0.4, 0.5) is 3.89 Å². The molecule has 27 atom stereocenters. The van der Waals surface area contributed by atoms with E-state index in [9.17, 15) is 34.5 Å². The van der Waals surface area contributed by atoms with Gasteiger partial charge in [-0.2, -0.15) is 3.89 Å². The van der Waals surface area contributed by atoms with Crippen molar-refractivity contribution < 1.29 is 34.5 Å². The van der Waals surface area contributed by atoms with Crippen LogP contribution in [0.15, 0.2) is 126 Å². The van der Waals surface area contributed by atoms with E-state index < -0.39 is 33.6 Å². The molecular formula is C100H159FO6S. The van der Waals surface area contributed by atoms with Crippen LogP contribution in [0.5, 0.6) is 0 Å². The Hall–Kier alpha value is -3.08. The van der Waals surface area contributed by atoms with E-state index >= 15 is 0 Å². The second kappa shape index (κ2) is 33.6. The Morgan fingerprint density at radius 1 is 0.370 bits per heavy atom. The van der Waals surface area contributed by atoms with Crippen LogP contribution in [0.25, 0.3) is 0 Å². The van der Waals surface area contributed by atoms with Crippen molar-refractivity contribution in [1.82, 2.24) is 0 Å². The zero-order chi connectivity index (χ0) is 75.8. The van der Waals surface area contributed by atoms with Crippen molar-refractivity contribution in [3.05, 3.63) is 143 Å². The molecule has 6 N–H and O–H groups in total. The normalized spacial score (nSPS) is 42.0. The second-order valence-electron chi connectivity index (χ2n) is 41.6. The van der Waals surface area contributed by atoms with Crippen molar-refractivity contribution in [2.24, 2.45) is 121 Å². The first-order valence-electron chi connectivity index (χ1n) is 43.0. The molecule has 9 fully saturated rings. The number of rotatable bonds is 15. The Balaban J connectivity index is 0.000000181. The third-order valence-corrected chi connectivity index (χ3v) is 34.9. The highest BCUT2D eigenvalue weighted by molar-refractivity contribution is 7.93. The van der Waals surface area contributed by atoms with Crippen LogP contribution in [0.2, 0.25) is 0 Å². The number of hydrogen-bond acceptors (Lipinski definition) is 7. The first-order valence-corrected chi connectivity index (χ1v) is 44.2. The van der Waals surface area contributed by atoms with Crippen LogP contribution in [-0.2, 0) is 16.8 Å². The van der Waals surface area contributed by atoms with E-state index in [1.165, 1.54) is 103 Å². The molecule has 0 heterocycles. The SMILES string of the molecule is C.C.C.CSF.C[C@H](CCC(C)(O)c1ccccc1)[C@H]1CC[C@H]2[C@@H]3CC=C4C[C@@](C)(O)CC[C@]4(C)[C@H]3CC[C@]12C.C[C@H](CC[C@@](C)(O)c1ccccc1)[C@H]1CC[C@H]2[C@@H]3CC=C4C[C@@](C)(O)CC[C@]4(C)[C@H]3CC[C@]12C.C[C@H](CC[C@](C)(O)c1ccccc1)[C@H]1CC[C@H]2[C@@H]3CC=C4C[C@@](C)(O)CC[C@]4(C)[C@H]3CC[C@]12C. The molecule has 0 aromatic heterocycles. The van der Waals surface area contributed by atoms with Crippen LogP contribution >= 0.6 is 12.1 Å². The van der Waals surface area contributed by atoms with Gasteiger partial charge in [-0.15, -0.1) is 0 Å². The zero-order valence-electron chi connectivity index (χ0n) is 68.7. The fourth-order valence-corrected chi connectivity index (χ4v) is 28.3. The maximum absolute atomic E-state index is 11.2. The van der Waals surface area contributed by atoms with E-state index in [4.69, 9.17) is 0 Å². The number of allylic oxidation sites excluding steroid dienone is 3. The molecule has 0 bridgehead atoms. The van der Waals surface area contributed by atoms with Gasteiger partial charge < -0.3 is 30.6 Å². The van der Waals surface area contributed by atoms with Gasteiger partial charge in [0, 0.05) is 18.4 Å². The third-order valence-electron chi connectivity index (χ3n) is 34.9. The first kappa shape index (κ1) is 88.9. The van der Waals surface area contributed by atoms with Gasteiger partial charge in [0.15, 0.2) is 0 Å². The smallest absolute Gasteiger partial charge is 0.0868 e. The number of fused-ring (bicyclic) bond motifs is 15. The molecule has 1 unspecified atom stereocenters. The van der Waals surface area contributed by atoms with E-state index in [-0.39, 0.29) is 34.4 Å². The largest absolute Gasteiger partial charge is 0.390 e. The lowest BCUT2D eigenvalue weighted by atomic mass is 9.46. The second-order valence-corrected chi connectivity index (χ2v) is 41.9. The monoisotopic (exact) mass is 1510 g/mol. The Morgan fingerprint density at radius 2 is 0.602 bits per heavy atom. The summed E-state index contributed by atoms with van der Waals surface area (Å²) in [6, 6.07) is 30.7. The minimum atomic E-state index is -0.743. The van der Waals surface area contributed by atoms with E-state index in [0.717, 1.165) is 184 Å². The van der Waals surface area contributed by atoms with Crippen molar-refractivity contribution in [1.29, 1.82) is 0 Å². The van der Waals surface area contributed by atoms with E-state index in [1.807, 2.05) is 96.1 Å². The summed E-state index contributed by atoms with van der Waals surface area (Å²) in [5, 5.41) is 65.7. The number of hydrogen-bond donors (Lipinski definition) is 6. The summed E-state index contributed by atoms with van der Waals surface area (Å²) in [6.07, 6.45) is 44.0. The van der Waals surface area contributed by atoms with Crippen LogP contribution < -0.4 is 0 Å². The Kier molecular flexibility index (Phi) is 27.7. The fraction of sp³-hybridized carbons (Fsp3) is 0.760. The first-order chi connectivity index (χ1) is 49.3. The van der Waals surface area contributed by atoms with Gasteiger partial charge in [0.05, 0.1) is 33.6 Å². The molecular weight excluding hydrogens is 1350 g/mol. The lowest BCUT2D eigenvalue weighted by Gasteiger charge is -2.59. The average molecular weight is 1510 g/mol. The molecule has 6 nitrogen and oxygen atoms in total. The van der Waals surface area contributed by atoms with E-state index in [0.29, 0.717) is 50.2 Å². The topological polar surface area (TPSA) is 121 Å². The number of aliphatic hydroxyl groups is 6. The van der Waals surface area contributed by atoms with Gasteiger partial charge >= 0.3 is 0 Å². The van der Waals surface area contributed by atoms with Gasteiger partial charge in [-0.1, -0.05) is 211 Å². The molecule has 15 rings (SSSR count). The number of benzene rings is 3. The van der Waals surface area contributed by atoms with Crippen molar-refractivity contribution in [3.63, 3.8) is 0 Å². The Bertz CT molecular complexity index is 3140. The van der Waals surface area contributed by atoms with Gasteiger partial charge in [-0.05, 0) is 372 Å². The van der Waals surface area contributed by atoms with Crippen LogP contribution in [-0.4, -0.2) is 53.7 Å². The number of halogens is 1. The predicted octanol–water partition coefficient (Wildman–Crippen LogP) is 26.1. The highest BCUT2D eigenvalue weighted by atomic mass is 32.2. The molecule has 12 aliphatic rings. The highest BCUT2D eigenvalue weighted by Gasteiger charge is 2.64. The van der Waals surface area contributed by atoms with Gasteiger partial charge in [0.1, 0.15) is 0 Å². The van der Waals surface area contributed by atoms with Crippen molar-refractivity contribution in [3.8, 4) is 0 Å². The van der Waals surface area contributed by atoms with Crippen molar-refractivity contribution >= 4 is 12.1 Å². The van der Waals surface area contributed by atoms with Crippen LogP contribution in [0.3, 0.4) is 0 Å². The van der Waals surface area contributed by atoms with Crippen molar-refractivity contribution in [2.75, 3.05) is 6.26 Å². The van der Waals surface area contributed by atoms with Gasteiger partial charge in [-0.25, -0.2) is 0 Å².